The van der Waals surface area contributed by atoms with Crippen LogP contribution in [0.1, 0.15) is 49.5 Å². The van der Waals surface area contributed by atoms with Crippen LogP contribution < -0.4 is 15.5 Å². The predicted octanol–water partition coefficient (Wildman–Crippen LogP) is 5.57. The number of halogens is 5. The Hall–Kier alpha value is -3.35. The second-order valence-electron chi connectivity index (χ2n) is 9.84. The molecule has 3 amide bonds. The van der Waals surface area contributed by atoms with E-state index in [9.17, 15) is 36.3 Å². The largest absolute Gasteiger partial charge is 0.444 e. The predicted molar refractivity (Wildman–Crippen MR) is 135 cm³/mol. The zero-order valence-corrected chi connectivity index (χ0v) is 22.3. The lowest BCUT2D eigenvalue weighted by atomic mass is 10.1. The first kappa shape index (κ1) is 30.2. The van der Waals surface area contributed by atoms with Crippen molar-refractivity contribution in [2.24, 2.45) is 0 Å². The molecule has 39 heavy (non-hydrogen) atoms. The minimum Gasteiger partial charge on any atom is -0.444 e. The molecule has 0 spiro atoms. The highest BCUT2D eigenvalue weighted by Crippen LogP contribution is 2.37. The van der Waals surface area contributed by atoms with Gasteiger partial charge in [-0.15, -0.1) is 11.8 Å². The molecule has 0 unspecified atom stereocenters. The van der Waals surface area contributed by atoms with Crippen LogP contribution in [-0.2, 0) is 16.1 Å². The molecule has 0 aromatic heterocycles. The van der Waals surface area contributed by atoms with Crippen molar-refractivity contribution in [1.82, 2.24) is 10.6 Å². The fourth-order valence-electron chi connectivity index (χ4n) is 3.67. The molecule has 2 aromatic carbocycles. The van der Waals surface area contributed by atoms with Crippen LogP contribution in [0.5, 0.6) is 0 Å². The number of carbonyl (C=O) groups excluding carboxylic acids is 3. The summed E-state index contributed by atoms with van der Waals surface area (Å²) in [7, 11) is 0. The van der Waals surface area contributed by atoms with Crippen molar-refractivity contribution in [3.8, 4) is 0 Å². The van der Waals surface area contributed by atoms with E-state index in [0.717, 1.165) is 23.9 Å². The number of nitrogens with one attached hydrogen (secondary N) is 2. The molecule has 0 radical (unpaired) electrons. The number of hydrogen-bond acceptors (Lipinski definition) is 5. The van der Waals surface area contributed by atoms with Gasteiger partial charge < -0.3 is 20.3 Å². The molecule has 212 valence electrons. The van der Waals surface area contributed by atoms with Crippen molar-refractivity contribution in [1.29, 1.82) is 0 Å². The molecule has 1 heterocycles. The molecule has 0 bridgehead atoms. The van der Waals surface area contributed by atoms with Gasteiger partial charge in [0.1, 0.15) is 23.3 Å². The molecule has 0 fully saturated rings. The Bertz CT molecular complexity index is 1220. The standard InChI is InChI=1S/C26H28F5N3O4S/c1-25(2,3)38-24(37)33-19-14-39-21-12-18(28)17(22(35)32-10-4-9-26(29,30)31)11-20(21)34(23(19)36)13-15-5-7-16(27)8-6-15/h5-8,11-12,19H,4,9-10,13-14H2,1-3H3,(H,32,35)(H,33,37)/t19-/m0/s1. The molecule has 1 aliphatic heterocycles. The van der Waals surface area contributed by atoms with Crippen LogP contribution in [0, 0.1) is 11.6 Å². The van der Waals surface area contributed by atoms with Gasteiger partial charge in [-0.25, -0.2) is 13.6 Å². The van der Waals surface area contributed by atoms with Crippen LogP contribution >= 0.6 is 11.8 Å². The molecule has 2 N–H and O–H groups in total. The van der Waals surface area contributed by atoms with Crippen LogP contribution in [0.4, 0.5) is 32.4 Å². The van der Waals surface area contributed by atoms with Gasteiger partial charge in [0.05, 0.1) is 17.8 Å². The third kappa shape index (κ3) is 8.84. The van der Waals surface area contributed by atoms with E-state index in [1.807, 2.05) is 0 Å². The van der Waals surface area contributed by atoms with E-state index in [-0.39, 0.29) is 31.0 Å². The van der Waals surface area contributed by atoms with E-state index >= 15 is 0 Å². The summed E-state index contributed by atoms with van der Waals surface area (Å²) in [6.07, 6.45) is -6.71. The molecule has 0 saturated carbocycles. The third-order valence-electron chi connectivity index (χ3n) is 5.42. The van der Waals surface area contributed by atoms with Crippen LogP contribution in [0.2, 0.25) is 0 Å². The number of hydrogen-bond donors (Lipinski definition) is 2. The number of anilines is 1. The summed E-state index contributed by atoms with van der Waals surface area (Å²) in [6.45, 7) is 4.55. The summed E-state index contributed by atoms with van der Waals surface area (Å²) in [5.74, 6) is -2.92. The maximum atomic E-state index is 15.0. The summed E-state index contributed by atoms with van der Waals surface area (Å²) in [6, 6.07) is 6.44. The number of alkyl halides is 3. The minimum absolute atomic E-state index is 0.0212. The Morgan fingerprint density at radius 1 is 1.10 bits per heavy atom. The highest BCUT2D eigenvalue weighted by Gasteiger charge is 2.34. The number of alkyl carbamates (subject to hydrolysis) is 1. The van der Waals surface area contributed by atoms with Gasteiger partial charge in [-0.3, -0.25) is 9.59 Å². The van der Waals surface area contributed by atoms with Crippen molar-refractivity contribution in [3.05, 3.63) is 59.2 Å². The monoisotopic (exact) mass is 573 g/mol. The van der Waals surface area contributed by atoms with Gasteiger partial charge in [-0.2, -0.15) is 13.2 Å². The normalized spacial score (nSPS) is 15.8. The average Bonchev–Trinajstić information content (AvgIpc) is 2.93. The second-order valence-corrected chi connectivity index (χ2v) is 10.9. The molecular weight excluding hydrogens is 545 g/mol. The van der Waals surface area contributed by atoms with Crippen LogP contribution in [-0.4, -0.2) is 48.0 Å². The maximum absolute atomic E-state index is 15.0. The van der Waals surface area contributed by atoms with Crippen molar-refractivity contribution < 1.29 is 41.1 Å². The molecule has 1 atom stereocenters. The number of ether oxygens (including phenoxy) is 1. The Morgan fingerprint density at radius 3 is 2.38 bits per heavy atom. The third-order valence-corrected chi connectivity index (χ3v) is 6.56. The molecule has 0 saturated heterocycles. The molecule has 0 aliphatic carbocycles. The van der Waals surface area contributed by atoms with E-state index in [1.54, 1.807) is 20.8 Å². The minimum atomic E-state index is -4.39. The smallest absolute Gasteiger partial charge is 0.408 e. The fraction of sp³-hybridized carbons (Fsp3) is 0.423. The van der Waals surface area contributed by atoms with Crippen LogP contribution in [0.3, 0.4) is 0 Å². The number of rotatable bonds is 7. The first-order valence-electron chi connectivity index (χ1n) is 12.0. The van der Waals surface area contributed by atoms with E-state index in [1.165, 1.54) is 29.2 Å². The lowest BCUT2D eigenvalue weighted by Crippen LogP contribution is -2.50. The van der Waals surface area contributed by atoms with Gasteiger partial charge in [0.25, 0.3) is 11.8 Å². The Labute approximate surface area is 226 Å². The summed E-state index contributed by atoms with van der Waals surface area (Å²) in [5, 5.41) is 4.79. The number of amides is 3. The van der Waals surface area contributed by atoms with E-state index in [2.05, 4.69) is 10.6 Å². The zero-order chi connectivity index (χ0) is 29.0. The number of fused-ring (bicyclic) bond motifs is 1. The van der Waals surface area contributed by atoms with Crippen molar-refractivity contribution in [2.75, 3.05) is 17.2 Å². The Balaban J connectivity index is 1.91. The number of carbonyl (C=O) groups is 3. The highest BCUT2D eigenvalue weighted by atomic mass is 32.2. The lowest BCUT2D eigenvalue weighted by molar-refractivity contribution is -0.135. The van der Waals surface area contributed by atoms with Gasteiger partial charge in [0.15, 0.2) is 0 Å². The molecule has 13 heteroatoms. The van der Waals surface area contributed by atoms with Crippen molar-refractivity contribution >= 4 is 35.4 Å². The SMILES string of the molecule is CC(C)(C)OC(=O)N[C@H]1CSc2cc(F)c(C(=O)NCCCC(F)(F)F)cc2N(Cc2ccc(F)cc2)C1=O. The number of thioether (sulfide) groups is 1. The van der Waals surface area contributed by atoms with Crippen molar-refractivity contribution in [2.45, 2.75) is 62.9 Å². The molecule has 3 rings (SSSR count). The number of nitrogens with zero attached hydrogens (tertiary/aromatic N) is 1. The maximum Gasteiger partial charge on any atom is 0.408 e. The van der Waals surface area contributed by atoms with Gasteiger partial charge >= 0.3 is 12.3 Å². The summed E-state index contributed by atoms with van der Waals surface area (Å²) >= 11 is 1.07. The second kappa shape index (κ2) is 12.2. The van der Waals surface area contributed by atoms with Gasteiger partial charge in [-0.1, -0.05) is 12.1 Å². The summed E-state index contributed by atoms with van der Waals surface area (Å²) in [5.41, 5.74) is -0.615. The Morgan fingerprint density at radius 2 is 1.77 bits per heavy atom. The molecule has 1 aliphatic rings. The molecule has 7 nitrogen and oxygen atoms in total. The van der Waals surface area contributed by atoms with Gasteiger partial charge in [0, 0.05) is 23.6 Å². The molecular formula is C26H28F5N3O4S. The lowest BCUT2D eigenvalue weighted by Gasteiger charge is -2.27. The topological polar surface area (TPSA) is 87.7 Å². The first-order valence-corrected chi connectivity index (χ1v) is 13.0. The zero-order valence-electron chi connectivity index (χ0n) is 21.5. The van der Waals surface area contributed by atoms with Gasteiger partial charge in [-0.05, 0) is 57.0 Å². The van der Waals surface area contributed by atoms with Crippen molar-refractivity contribution in [3.63, 3.8) is 0 Å². The van der Waals surface area contributed by atoms with Crippen LogP contribution in [0.25, 0.3) is 0 Å². The highest BCUT2D eigenvalue weighted by molar-refractivity contribution is 7.99. The van der Waals surface area contributed by atoms with Gasteiger partial charge in [0.2, 0.25) is 0 Å². The van der Waals surface area contributed by atoms with E-state index in [0.29, 0.717) is 10.5 Å². The molecule has 2 aromatic rings. The quantitative estimate of drug-likeness (QED) is 0.334. The Kier molecular flexibility index (Phi) is 9.47. The van der Waals surface area contributed by atoms with E-state index in [4.69, 9.17) is 4.74 Å². The number of benzene rings is 2. The van der Waals surface area contributed by atoms with Crippen LogP contribution in [0.15, 0.2) is 41.3 Å². The van der Waals surface area contributed by atoms with E-state index < -0.39 is 59.3 Å². The average molecular weight is 574 g/mol. The summed E-state index contributed by atoms with van der Waals surface area (Å²) < 4.78 is 70.9. The first-order chi connectivity index (χ1) is 18.1. The fourth-order valence-corrected chi connectivity index (χ4v) is 4.75. The summed E-state index contributed by atoms with van der Waals surface area (Å²) in [4.78, 5) is 40.2.